The first-order valence-electron chi connectivity index (χ1n) is 22.5. The SMILES string of the molecule is O=C(NS(=O)(=O)c1cc([N+](=O)[O-])c2c(n1)OC[C@H](Cc1ccccn1)N2)c1ccc(N2CCC3(CC2)CC(N2CCC[C@H]2c2ccccc2C2CC2)C3)cc1Oc1cnc2[nH]ccc2c1. The van der Waals surface area contributed by atoms with Crippen LogP contribution in [-0.2, 0) is 16.4 Å². The van der Waals surface area contributed by atoms with Gasteiger partial charge in [-0.25, -0.2) is 9.71 Å². The highest BCUT2D eigenvalue weighted by Crippen LogP contribution is 2.55. The summed E-state index contributed by atoms with van der Waals surface area (Å²) in [6, 6.07) is 24.9. The normalized spacial score (nSPS) is 20.7. The van der Waals surface area contributed by atoms with Crippen molar-refractivity contribution in [1.29, 1.82) is 0 Å². The number of amides is 1. The van der Waals surface area contributed by atoms with Crippen molar-refractivity contribution < 1.29 is 27.6 Å². The number of likely N-dealkylation sites (tertiary alicyclic amines) is 1. The number of nitrogens with zero attached hydrogens (tertiary/aromatic N) is 6. The standard InChI is InChI=1S/C48H49N9O7S/c58-46(54-65(61,62)43-25-41(57(59)60)44-47(53-43)63-29-33(52-44)23-32-6-3-4-17-49-32)39-13-12-34(24-42(39)64-36-22-31-14-18-50-45(31)51-28-36)55-20-15-48(16-21-55)26-35(27-48)56-19-5-9-40(56)38-8-2-1-7-37(38)30-10-11-30/h1-4,6-8,12-14,17-18,22,24-25,28,30,33,35,40,52H,5,9-11,15-16,19-21,23,26-27,29H2,(H,50,51)(H,54,58)/t33-,40-/m0/s1. The molecule has 2 aromatic carbocycles. The number of hydrogen-bond acceptors (Lipinski definition) is 13. The quantitative estimate of drug-likeness (QED) is 0.0789. The number of fused-ring (bicyclic) bond motifs is 2. The molecule has 2 saturated carbocycles. The molecule has 0 radical (unpaired) electrons. The van der Waals surface area contributed by atoms with Crippen molar-refractivity contribution in [2.24, 2.45) is 5.41 Å². The van der Waals surface area contributed by atoms with E-state index in [9.17, 15) is 23.3 Å². The molecule has 7 heterocycles. The molecule has 1 amide bonds. The molecule has 0 bridgehead atoms. The molecule has 2 atom stereocenters. The molecule has 6 aromatic rings. The lowest BCUT2D eigenvalue weighted by Gasteiger charge is -2.56. The number of carbonyl (C=O) groups is 1. The second-order valence-corrected chi connectivity index (χ2v) is 19.9. The number of hydrogen-bond donors (Lipinski definition) is 3. The largest absolute Gasteiger partial charge is 0.474 e. The first kappa shape index (κ1) is 41.1. The third-order valence-corrected chi connectivity index (χ3v) is 15.3. The van der Waals surface area contributed by atoms with Crippen molar-refractivity contribution in [1.82, 2.24) is 29.6 Å². The second-order valence-electron chi connectivity index (χ2n) is 18.2. The summed E-state index contributed by atoms with van der Waals surface area (Å²) in [5, 5.41) is 15.4. The van der Waals surface area contributed by atoms with E-state index < -0.39 is 31.6 Å². The van der Waals surface area contributed by atoms with Gasteiger partial charge >= 0.3 is 5.69 Å². The smallest absolute Gasteiger partial charge is 0.300 e. The van der Waals surface area contributed by atoms with Crippen LogP contribution in [0.1, 0.15) is 90.5 Å². The summed E-state index contributed by atoms with van der Waals surface area (Å²) in [4.78, 5) is 46.6. The average Bonchev–Trinajstić information content (AvgIpc) is 3.85. The third-order valence-electron chi connectivity index (χ3n) is 14.1. The second kappa shape index (κ2) is 16.4. The summed E-state index contributed by atoms with van der Waals surface area (Å²) in [5.74, 6) is -0.0548. The van der Waals surface area contributed by atoms with Crippen LogP contribution in [0.4, 0.5) is 17.1 Å². The number of H-pyrrole nitrogens is 1. The number of pyridine rings is 3. The molecule has 4 fully saturated rings. The molecule has 65 heavy (non-hydrogen) atoms. The molecule has 5 aliphatic rings. The van der Waals surface area contributed by atoms with E-state index in [1.165, 1.54) is 44.7 Å². The summed E-state index contributed by atoms with van der Waals surface area (Å²) in [5.41, 5.74) is 4.99. The van der Waals surface area contributed by atoms with Crippen molar-refractivity contribution in [3.63, 3.8) is 0 Å². The Kier molecular flexibility index (Phi) is 10.4. The van der Waals surface area contributed by atoms with Gasteiger partial charge in [0.25, 0.3) is 15.9 Å². The van der Waals surface area contributed by atoms with Gasteiger partial charge in [-0.3, -0.25) is 24.8 Å². The minimum atomic E-state index is -4.76. The predicted octanol–water partition coefficient (Wildman–Crippen LogP) is 8.05. The highest BCUT2D eigenvalue weighted by molar-refractivity contribution is 7.90. The van der Waals surface area contributed by atoms with E-state index in [1.807, 2.05) is 18.2 Å². The van der Waals surface area contributed by atoms with Crippen LogP contribution < -0.4 is 24.4 Å². The van der Waals surface area contributed by atoms with Gasteiger partial charge in [-0.2, -0.15) is 13.4 Å². The van der Waals surface area contributed by atoms with Crippen LogP contribution in [0.15, 0.2) is 102 Å². The fraction of sp³-hybridized carbons (Fsp3) is 0.375. The van der Waals surface area contributed by atoms with Crippen molar-refractivity contribution >= 4 is 44.0 Å². The molecule has 3 aliphatic heterocycles. The maximum Gasteiger partial charge on any atom is 0.300 e. The molecule has 1 spiro atoms. The Bertz CT molecular complexity index is 2910. The summed E-state index contributed by atoms with van der Waals surface area (Å²) in [7, 11) is -4.76. The van der Waals surface area contributed by atoms with E-state index >= 15 is 0 Å². The van der Waals surface area contributed by atoms with Gasteiger partial charge in [0, 0.05) is 66.8 Å². The molecule has 0 unspecified atom stereocenters. The van der Waals surface area contributed by atoms with Crippen LogP contribution in [0.3, 0.4) is 0 Å². The number of carbonyl (C=O) groups excluding carboxylic acids is 1. The number of ether oxygens (including phenoxy) is 2. The van der Waals surface area contributed by atoms with Gasteiger partial charge in [-0.1, -0.05) is 30.3 Å². The zero-order valence-electron chi connectivity index (χ0n) is 35.7. The molecule has 2 aliphatic carbocycles. The molecular weight excluding hydrogens is 847 g/mol. The molecule has 17 heteroatoms. The number of rotatable bonds is 12. The number of nitrogens with one attached hydrogen (secondary N) is 3. The zero-order chi connectivity index (χ0) is 44.3. The molecule has 4 aromatic heterocycles. The van der Waals surface area contributed by atoms with Crippen molar-refractivity contribution in [2.45, 2.75) is 86.9 Å². The molecule has 11 rings (SSSR count). The van der Waals surface area contributed by atoms with E-state index in [0.717, 1.165) is 61.2 Å². The summed E-state index contributed by atoms with van der Waals surface area (Å²) in [6.45, 7) is 2.88. The zero-order valence-corrected chi connectivity index (χ0v) is 36.5. The lowest BCUT2D eigenvalue weighted by molar-refractivity contribution is -0.384. The van der Waals surface area contributed by atoms with Gasteiger partial charge in [0.2, 0.25) is 5.88 Å². The van der Waals surface area contributed by atoms with E-state index in [4.69, 9.17) is 9.47 Å². The van der Waals surface area contributed by atoms with Crippen molar-refractivity contribution in [2.75, 3.05) is 36.5 Å². The number of aromatic nitrogens is 4. The number of sulfonamides is 1. The number of aromatic amines is 1. The Morgan fingerprint density at radius 1 is 0.969 bits per heavy atom. The van der Waals surface area contributed by atoms with Crippen LogP contribution in [0, 0.1) is 15.5 Å². The first-order chi connectivity index (χ1) is 31.6. The third kappa shape index (κ3) is 8.11. The predicted molar refractivity (Wildman–Crippen MR) is 243 cm³/mol. The molecule has 334 valence electrons. The highest BCUT2D eigenvalue weighted by atomic mass is 32.2. The summed E-state index contributed by atoms with van der Waals surface area (Å²) >= 11 is 0. The number of piperidine rings is 1. The van der Waals surface area contributed by atoms with Crippen molar-refractivity contribution in [3.05, 3.63) is 130 Å². The van der Waals surface area contributed by atoms with Gasteiger partial charge in [0.05, 0.1) is 28.8 Å². The van der Waals surface area contributed by atoms with E-state index in [1.54, 1.807) is 53.9 Å². The van der Waals surface area contributed by atoms with Crippen LogP contribution in [0.25, 0.3) is 11.0 Å². The maximum absolute atomic E-state index is 14.0. The number of nitro groups is 1. The lowest BCUT2D eigenvalue weighted by atomic mass is 9.59. The Labute approximate surface area is 376 Å². The number of benzene rings is 2. The Balaban J connectivity index is 0.805. The van der Waals surface area contributed by atoms with Gasteiger partial charge in [0.15, 0.2) is 10.7 Å². The summed E-state index contributed by atoms with van der Waals surface area (Å²) in [6.07, 6.45) is 15.0. The minimum absolute atomic E-state index is 0.0490. The van der Waals surface area contributed by atoms with Crippen molar-refractivity contribution in [3.8, 4) is 17.4 Å². The topological polar surface area (TPSA) is 198 Å². The average molecular weight is 896 g/mol. The van der Waals surface area contributed by atoms with Gasteiger partial charge in [-0.15, -0.1) is 0 Å². The Hall–Kier alpha value is -6.59. The first-order valence-corrected chi connectivity index (χ1v) is 24.0. The lowest BCUT2D eigenvalue weighted by Crippen LogP contribution is -2.54. The fourth-order valence-corrected chi connectivity index (χ4v) is 11.5. The van der Waals surface area contributed by atoms with Crippen LogP contribution in [0.5, 0.6) is 17.4 Å². The van der Waals surface area contributed by atoms with Crippen LogP contribution in [0.2, 0.25) is 0 Å². The van der Waals surface area contributed by atoms with Gasteiger partial charge < -0.3 is 24.7 Å². The van der Waals surface area contributed by atoms with E-state index in [0.29, 0.717) is 35.3 Å². The molecule has 2 saturated heterocycles. The van der Waals surface area contributed by atoms with Gasteiger partial charge in [0.1, 0.15) is 23.8 Å². The molecular formula is C48H49N9O7S. The minimum Gasteiger partial charge on any atom is -0.474 e. The van der Waals surface area contributed by atoms with E-state index in [-0.39, 0.29) is 35.5 Å². The summed E-state index contributed by atoms with van der Waals surface area (Å²) < 4.78 is 41.9. The van der Waals surface area contributed by atoms with Gasteiger partial charge in [-0.05, 0) is 117 Å². The van der Waals surface area contributed by atoms with Crippen LogP contribution in [-0.4, -0.2) is 82.4 Å². The van der Waals surface area contributed by atoms with Crippen LogP contribution >= 0.6 is 0 Å². The monoisotopic (exact) mass is 895 g/mol. The van der Waals surface area contributed by atoms with E-state index in [2.05, 4.69) is 64.0 Å². The molecule has 3 N–H and O–H groups in total. The Morgan fingerprint density at radius 3 is 2.57 bits per heavy atom. The Morgan fingerprint density at radius 2 is 1.78 bits per heavy atom. The highest BCUT2D eigenvalue weighted by Gasteiger charge is 2.50. The fourth-order valence-electron chi connectivity index (χ4n) is 10.6. The number of anilines is 2. The molecule has 16 nitrogen and oxygen atoms in total. The maximum atomic E-state index is 14.0.